The first-order valence-electron chi connectivity index (χ1n) is 3.17. The minimum atomic E-state index is 0.692. The first-order valence-corrected chi connectivity index (χ1v) is 3.17. The van der Waals surface area contributed by atoms with Crippen molar-refractivity contribution in [2.45, 2.75) is 13.8 Å². The summed E-state index contributed by atoms with van der Waals surface area (Å²) >= 11 is 0. The van der Waals surface area contributed by atoms with Crippen molar-refractivity contribution in [2.75, 3.05) is 0 Å². The highest BCUT2D eigenvalue weighted by atomic mass is 16.1. The molecule has 0 aliphatic heterocycles. The predicted octanol–water partition coefficient (Wildman–Crippen LogP) is 2.26. The molecule has 0 N–H and O–H groups in total. The Morgan fingerprint density at radius 3 is 2.40 bits per heavy atom. The number of carbonyl (C=O) groups excluding carboxylic acids is 1. The molecule has 1 nitrogen and oxygen atoms in total. The Labute approximate surface area is 61.8 Å². The normalized spacial score (nSPS) is 13.0. The summed E-state index contributed by atoms with van der Waals surface area (Å²) in [4.78, 5) is 10.3. The molecule has 0 fully saturated rings. The van der Waals surface area contributed by atoms with Gasteiger partial charge in [0, 0.05) is 5.57 Å². The Bertz CT molecular complexity index is 185. The molecule has 0 aliphatic rings. The molecule has 0 aliphatic carbocycles. The molecule has 0 aromatic rings. The van der Waals surface area contributed by atoms with E-state index in [4.69, 9.17) is 0 Å². The lowest BCUT2D eigenvalue weighted by Gasteiger charge is -1.94. The Morgan fingerprint density at radius 2 is 2.10 bits per heavy atom. The Kier molecular flexibility index (Phi) is 4.21. The predicted molar refractivity (Wildman–Crippen MR) is 43.8 cm³/mol. The number of hydrogen-bond donors (Lipinski definition) is 0. The third-order valence-corrected chi connectivity index (χ3v) is 1.31. The molecule has 0 radical (unpaired) electrons. The van der Waals surface area contributed by atoms with Crippen molar-refractivity contribution in [1.82, 2.24) is 0 Å². The van der Waals surface area contributed by atoms with Gasteiger partial charge in [-0.25, -0.2) is 0 Å². The number of rotatable bonds is 3. The van der Waals surface area contributed by atoms with E-state index in [2.05, 4.69) is 6.58 Å². The zero-order valence-electron chi connectivity index (χ0n) is 6.42. The van der Waals surface area contributed by atoms with E-state index in [1.165, 1.54) is 0 Å². The molecular formula is C9H12O. The molecule has 0 aromatic carbocycles. The first-order chi connectivity index (χ1) is 4.76. The molecule has 10 heavy (non-hydrogen) atoms. The molecular weight excluding hydrogens is 124 g/mol. The molecule has 0 atom stereocenters. The van der Waals surface area contributed by atoms with Crippen LogP contribution in [0.1, 0.15) is 13.8 Å². The monoisotopic (exact) mass is 136 g/mol. The zero-order valence-corrected chi connectivity index (χ0v) is 6.42. The zero-order chi connectivity index (χ0) is 7.98. The summed E-state index contributed by atoms with van der Waals surface area (Å²) in [5.74, 6) is 0. The van der Waals surface area contributed by atoms with Crippen LogP contribution in [-0.4, -0.2) is 6.29 Å². The van der Waals surface area contributed by atoms with Crippen LogP contribution in [-0.2, 0) is 4.79 Å². The summed E-state index contributed by atoms with van der Waals surface area (Å²) in [5.41, 5.74) is 1.67. The first kappa shape index (κ1) is 8.89. The molecule has 0 heterocycles. The van der Waals surface area contributed by atoms with Crippen molar-refractivity contribution in [3.63, 3.8) is 0 Å². The summed E-state index contributed by atoms with van der Waals surface area (Å²) in [7, 11) is 0. The molecule has 0 saturated heterocycles. The van der Waals surface area contributed by atoms with Crippen molar-refractivity contribution in [3.05, 3.63) is 36.0 Å². The van der Waals surface area contributed by atoms with Gasteiger partial charge in [-0.15, -0.1) is 0 Å². The van der Waals surface area contributed by atoms with Crippen LogP contribution in [0.15, 0.2) is 36.0 Å². The van der Waals surface area contributed by atoms with Gasteiger partial charge in [-0.1, -0.05) is 24.8 Å². The second-order valence-electron chi connectivity index (χ2n) is 1.95. The minimum absolute atomic E-state index is 0.692. The van der Waals surface area contributed by atoms with E-state index >= 15 is 0 Å². The van der Waals surface area contributed by atoms with Crippen LogP contribution in [0.5, 0.6) is 0 Å². The van der Waals surface area contributed by atoms with Crippen molar-refractivity contribution >= 4 is 6.29 Å². The Balaban J connectivity index is 4.51. The summed E-state index contributed by atoms with van der Waals surface area (Å²) in [6.07, 6.45) is 6.03. The lowest BCUT2D eigenvalue weighted by atomic mass is 10.1. The molecule has 0 bridgehead atoms. The average Bonchev–Trinajstić information content (AvgIpc) is 1.99. The standard InChI is InChI=1S/C9H12O/c1-4-6-9(7-10)8(3)5-2/h4-7H,1H2,2-3H3/b8-5-,9-6-. The van der Waals surface area contributed by atoms with E-state index < -0.39 is 0 Å². The maximum absolute atomic E-state index is 10.3. The third-order valence-electron chi connectivity index (χ3n) is 1.31. The lowest BCUT2D eigenvalue weighted by molar-refractivity contribution is -0.104. The van der Waals surface area contributed by atoms with Crippen molar-refractivity contribution < 1.29 is 4.79 Å². The van der Waals surface area contributed by atoms with Crippen LogP contribution in [0.4, 0.5) is 0 Å². The molecule has 0 saturated carbocycles. The van der Waals surface area contributed by atoms with Crippen LogP contribution < -0.4 is 0 Å². The topological polar surface area (TPSA) is 17.1 Å². The van der Waals surface area contributed by atoms with Gasteiger partial charge in [-0.05, 0) is 19.4 Å². The highest BCUT2D eigenvalue weighted by Crippen LogP contribution is 2.04. The van der Waals surface area contributed by atoms with Crippen molar-refractivity contribution in [2.24, 2.45) is 0 Å². The van der Waals surface area contributed by atoms with Crippen molar-refractivity contribution in [3.8, 4) is 0 Å². The minimum Gasteiger partial charge on any atom is -0.298 e. The van der Waals surface area contributed by atoms with E-state index in [-0.39, 0.29) is 0 Å². The highest BCUT2D eigenvalue weighted by molar-refractivity contribution is 5.80. The Morgan fingerprint density at radius 1 is 1.50 bits per heavy atom. The maximum atomic E-state index is 10.3. The van der Waals surface area contributed by atoms with Crippen LogP contribution >= 0.6 is 0 Å². The maximum Gasteiger partial charge on any atom is 0.150 e. The fourth-order valence-electron chi connectivity index (χ4n) is 0.557. The fourth-order valence-corrected chi connectivity index (χ4v) is 0.557. The van der Waals surface area contributed by atoms with E-state index in [9.17, 15) is 4.79 Å². The van der Waals surface area contributed by atoms with Crippen LogP contribution in [0, 0.1) is 0 Å². The lowest BCUT2D eigenvalue weighted by Crippen LogP contribution is -1.84. The summed E-state index contributed by atoms with van der Waals surface area (Å²) < 4.78 is 0. The number of carbonyl (C=O) groups is 1. The third kappa shape index (κ3) is 2.44. The summed E-state index contributed by atoms with van der Waals surface area (Å²) in [6.45, 7) is 7.29. The van der Waals surface area contributed by atoms with E-state index in [1.807, 2.05) is 19.9 Å². The van der Waals surface area contributed by atoms with E-state index in [0.717, 1.165) is 11.9 Å². The summed E-state index contributed by atoms with van der Waals surface area (Å²) in [5, 5.41) is 0. The molecule has 0 unspecified atom stereocenters. The van der Waals surface area contributed by atoms with Gasteiger partial charge in [0.05, 0.1) is 0 Å². The molecule has 54 valence electrons. The molecule has 0 aromatic heterocycles. The smallest absolute Gasteiger partial charge is 0.150 e. The summed E-state index contributed by atoms with van der Waals surface area (Å²) in [6, 6.07) is 0. The average molecular weight is 136 g/mol. The van der Waals surface area contributed by atoms with Gasteiger partial charge >= 0.3 is 0 Å². The largest absolute Gasteiger partial charge is 0.298 e. The van der Waals surface area contributed by atoms with E-state index in [1.54, 1.807) is 12.2 Å². The number of hydrogen-bond acceptors (Lipinski definition) is 1. The van der Waals surface area contributed by atoms with Gasteiger partial charge in [0.25, 0.3) is 0 Å². The van der Waals surface area contributed by atoms with Crippen molar-refractivity contribution in [1.29, 1.82) is 0 Å². The quantitative estimate of drug-likeness (QED) is 0.330. The highest BCUT2D eigenvalue weighted by Gasteiger charge is 1.92. The molecule has 0 spiro atoms. The van der Waals surface area contributed by atoms with Gasteiger partial charge in [0.2, 0.25) is 0 Å². The van der Waals surface area contributed by atoms with Crippen LogP contribution in [0.3, 0.4) is 0 Å². The fraction of sp³-hybridized carbons (Fsp3) is 0.222. The van der Waals surface area contributed by atoms with Gasteiger partial charge in [0.1, 0.15) is 6.29 Å². The van der Waals surface area contributed by atoms with Gasteiger partial charge in [-0.2, -0.15) is 0 Å². The SMILES string of the molecule is C=C/C=C(C=O)\C(C)=C/C. The van der Waals surface area contributed by atoms with Crippen LogP contribution in [0.25, 0.3) is 0 Å². The Hall–Kier alpha value is -1.11. The van der Waals surface area contributed by atoms with E-state index in [0.29, 0.717) is 5.57 Å². The van der Waals surface area contributed by atoms with Gasteiger partial charge < -0.3 is 0 Å². The van der Waals surface area contributed by atoms with Gasteiger partial charge in [-0.3, -0.25) is 4.79 Å². The number of allylic oxidation sites excluding steroid dienone is 5. The van der Waals surface area contributed by atoms with Crippen LogP contribution in [0.2, 0.25) is 0 Å². The number of aldehydes is 1. The molecule has 0 rings (SSSR count). The second kappa shape index (κ2) is 4.74. The molecule has 0 amide bonds. The van der Waals surface area contributed by atoms with Gasteiger partial charge in [0.15, 0.2) is 0 Å². The second-order valence-corrected chi connectivity index (χ2v) is 1.95. The molecule has 1 heteroatoms.